The summed E-state index contributed by atoms with van der Waals surface area (Å²) in [5.74, 6) is -1.49. The van der Waals surface area contributed by atoms with Crippen molar-refractivity contribution in [1.82, 2.24) is 10.2 Å². The Hall–Kier alpha value is -1.79. The van der Waals surface area contributed by atoms with Gasteiger partial charge in [-0.2, -0.15) is 0 Å². The number of carboxylic acid groups (broad SMARTS) is 1. The molecule has 7 nitrogen and oxygen atoms in total. The van der Waals surface area contributed by atoms with Gasteiger partial charge in [0.2, 0.25) is 0 Å². The van der Waals surface area contributed by atoms with Gasteiger partial charge in [-0.25, -0.2) is 4.79 Å². The van der Waals surface area contributed by atoms with Gasteiger partial charge in [0.15, 0.2) is 0 Å². The van der Waals surface area contributed by atoms with E-state index in [9.17, 15) is 14.4 Å². The molecule has 0 heterocycles. The van der Waals surface area contributed by atoms with Crippen LogP contribution in [0, 0.1) is 0 Å². The molecular weight excluding hydrogens is 252 g/mol. The number of hydrogen-bond acceptors (Lipinski definition) is 4. The van der Waals surface area contributed by atoms with Crippen LogP contribution in [0.3, 0.4) is 0 Å². The van der Waals surface area contributed by atoms with Crippen LogP contribution in [-0.2, 0) is 14.3 Å². The molecule has 0 aliphatic carbocycles. The Morgan fingerprint density at radius 2 is 1.84 bits per heavy atom. The number of urea groups is 1. The quantitative estimate of drug-likeness (QED) is 0.699. The van der Waals surface area contributed by atoms with Crippen molar-refractivity contribution in [2.45, 2.75) is 39.7 Å². The van der Waals surface area contributed by atoms with Crippen molar-refractivity contribution in [2.24, 2.45) is 0 Å². The number of nitrogens with one attached hydrogen (secondary N) is 1. The van der Waals surface area contributed by atoms with Crippen molar-refractivity contribution in [3.8, 4) is 0 Å². The molecule has 0 unspecified atom stereocenters. The van der Waals surface area contributed by atoms with Gasteiger partial charge in [-0.3, -0.25) is 9.59 Å². The molecule has 0 aromatic rings. The van der Waals surface area contributed by atoms with Crippen LogP contribution in [0.15, 0.2) is 0 Å². The molecule has 0 aliphatic heterocycles. The molecule has 0 aliphatic rings. The Kier molecular flexibility index (Phi) is 6.89. The summed E-state index contributed by atoms with van der Waals surface area (Å²) in [6.45, 7) is 6.92. The van der Waals surface area contributed by atoms with Gasteiger partial charge in [0.25, 0.3) is 0 Å². The summed E-state index contributed by atoms with van der Waals surface area (Å²) in [4.78, 5) is 34.9. The van der Waals surface area contributed by atoms with Crippen molar-refractivity contribution in [1.29, 1.82) is 0 Å². The van der Waals surface area contributed by atoms with Gasteiger partial charge in [0, 0.05) is 12.1 Å². The molecule has 0 fully saturated rings. The monoisotopic (exact) mass is 274 g/mol. The van der Waals surface area contributed by atoms with E-state index in [2.05, 4.69) is 5.32 Å². The normalized spacial score (nSPS) is 10.7. The van der Waals surface area contributed by atoms with Crippen LogP contribution in [0.1, 0.15) is 34.1 Å². The number of esters is 1. The standard InChI is InChI=1S/C12H22N2O5/c1-5-19-10(17)6-7-13-11(18)14(8-9(15)16)12(2,3)4/h5-8H2,1-4H3,(H,13,18)(H,15,16). The second kappa shape index (κ2) is 7.60. The number of ether oxygens (including phenoxy) is 1. The molecule has 0 aromatic carbocycles. The van der Waals surface area contributed by atoms with Crippen LogP contribution in [0.4, 0.5) is 4.79 Å². The Labute approximate surface area is 112 Å². The molecule has 0 radical (unpaired) electrons. The molecular formula is C12H22N2O5. The molecule has 0 saturated carbocycles. The topological polar surface area (TPSA) is 95.9 Å². The highest BCUT2D eigenvalue weighted by molar-refractivity contribution is 5.81. The Bertz CT molecular complexity index is 336. The van der Waals surface area contributed by atoms with Crippen molar-refractivity contribution in [2.75, 3.05) is 19.7 Å². The molecule has 19 heavy (non-hydrogen) atoms. The van der Waals surface area contributed by atoms with Gasteiger partial charge >= 0.3 is 18.0 Å². The summed E-state index contributed by atoms with van der Waals surface area (Å²) in [7, 11) is 0. The third-order valence-electron chi connectivity index (χ3n) is 2.26. The van der Waals surface area contributed by atoms with Gasteiger partial charge in [0.05, 0.1) is 13.0 Å². The third-order valence-corrected chi connectivity index (χ3v) is 2.26. The maximum Gasteiger partial charge on any atom is 0.323 e. The molecule has 2 N–H and O–H groups in total. The number of rotatable bonds is 6. The fourth-order valence-corrected chi connectivity index (χ4v) is 1.35. The molecule has 0 saturated heterocycles. The lowest BCUT2D eigenvalue weighted by molar-refractivity contribution is -0.143. The summed E-state index contributed by atoms with van der Waals surface area (Å²) in [5.41, 5.74) is -0.619. The lowest BCUT2D eigenvalue weighted by Crippen LogP contribution is -2.52. The molecule has 0 aromatic heterocycles. The average Bonchev–Trinajstić information content (AvgIpc) is 2.24. The van der Waals surface area contributed by atoms with Crippen LogP contribution in [0.25, 0.3) is 0 Å². The van der Waals surface area contributed by atoms with Crippen LogP contribution in [0.2, 0.25) is 0 Å². The zero-order valence-corrected chi connectivity index (χ0v) is 11.9. The van der Waals surface area contributed by atoms with Gasteiger partial charge in [-0.15, -0.1) is 0 Å². The van der Waals surface area contributed by atoms with Crippen molar-refractivity contribution in [3.63, 3.8) is 0 Å². The van der Waals surface area contributed by atoms with Crippen LogP contribution in [-0.4, -0.2) is 53.2 Å². The second-order valence-corrected chi connectivity index (χ2v) is 4.94. The summed E-state index contributed by atoms with van der Waals surface area (Å²) < 4.78 is 4.72. The number of hydrogen-bond donors (Lipinski definition) is 2. The Morgan fingerprint density at radius 1 is 1.26 bits per heavy atom. The zero-order chi connectivity index (χ0) is 15.1. The highest BCUT2D eigenvalue weighted by Crippen LogP contribution is 2.12. The zero-order valence-electron chi connectivity index (χ0n) is 11.9. The van der Waals surface area contributed by atoms with E-state index in [4.69, 9.17) is 9.84 Å². The summed E-state index contributed by atoms with van der Waals surface area (Å²) in [5, 5.41) is 11.3. The smallest absolute Gasteiger partial charge is 0.323 e. The predicted molar refractivity (Wildman–Crippen MR) is 68.7 cm³/mol. The van der Waals surface area contributed by atoms with E-state index in [0.29, 0.717) is 6.61 Å². The maximum atomic E-state index is 11.9. The molecule has 0 bridgehead atoms. The van der Waals surface area contributed by atoms with Gasteiger partial charge in [-0.05, 0) is 27.7 Å². The summed E-state index contributed by atoms with van der Waals surface area (Å²) in [6.07, 6.45) is 0.0602. The van der Waals surface area contributed by atoms with Crippen molar-refractivity contribution < 1.29 is 24.2 Å². The SMILES string of the molecule is CCOC(=O)CCNC(=O)N(CC(=O)O)C(C)(C)C. The van der Waals surface area contributed by atoms with Crippen LogP contribution >= 0.6 is 0 Å². The maximum absolute atomic E-state index is 11.9. The highest BCUT2D eigenvalue weighted by Gasteiger charge is 2.28. The number of carboxylic acids is 1. The van der Waals surface area contributed by atoms with E-state index < -0.39 is 30.1 Å². The van der Waals surface area contributed by atoms with Crippen LogP contribution < -0.4 is 5.32 Å². The van der Waals surface area contributed by atoms with Gasteiger partial charge in [-0.1, -0.05) is 0 Å². The average molecular weight is 274 g/mol. The van der Waals surface area contributed by atoms with E-state index in [1.807, 2.05) is 0 Å². The first-order valence-electron chi connectivity index (χ1n) is 6.11. The first-order chi connectivity index (χ1) is 8.68. The van der Waals surface area contributed by atoms with Crippen molar-refractivity contribution >= 4 is 18.0 Å². The molecule has 0 spiro atoms. The van der Waals surface area contributed by atoms with Gasteiger partial charge < -0.3 is 20.1 Å². The predicted octanol–water partition coefficient (Wildman–Crippen LogP) is 0.834. The number of carbonyl (C=O) groups excluding carboxylic acids is 2. The summed E-state index contributed by atoms with van der Waals surface area (Å²) >= 11 is 0. The molecule has 2 amide bonds. The second-order valence-electron chi connectivity index (χ2n) is 4.94. The van der Waals surface area contributed by atoms with E-state index in [0.717, 1.165) is 0 Å². The van der Waals surface area contributed by atoms with Crippen LogP contribution in [0.5, 0.6) is 0 Å². The fourth-order valence-electron chi connectivity index (χ4n) is 1.35. The molecule has 0 rings (SSSR count). The Morgan fingerprint density at radius 3 is 2.26 bits per heavy atom. The lowest BCUT2D eigenvalue weighted by Gasteiger charge is -2.34. The number of carbonyl (C=O) groups is 3. The highest BCUT2D eigenvalue weighted by atomic mass is 16.5. The Balaban J connectivity index is 4.34. The first kappa shape index (κ1) is 17.2. The van der Waals surface area contributed by atoms with E-state index in [1.54, 1.807) is 27.7 Å². The minimum atomic E-state index is -1.09. The molecule has 7 heteroatoms. The third kappa shape index (κ3) is 7.28. The van der Waals surface area contributed by atoms with Gasteiger partial charge in [0.1, 0.15) is 6.54 Å². The number of amides is 2. The molecule has 0 atom stereocenters. The fraction of sp³-hybridized carbons (Fsp3) is 0.750. The minimum absolute atomic E-state index is 0.0602. The largest absolute Gasteiger partial charge is 0.480 e. The van der Waals surface area contributed by atoms with Crippen molar-refractivity contribution in [3.05, 3.63) is 0 Å². The number of aliphatic carboxylic acids is 1. The lowest BCUT2D eigenvalue weighted by atomic mass is 10.1. The number of nitrogens with zero attached hydrogens (tertiary/aromatic N) is 1. The van der Waals surface area contributed by atoms with E-state index in [1.165, 1.54) is 4.90 Å². The molecule has 110 valence electrons. The first-order valence-corrected chi connectivity index (χ1v) is 6.11. The van der Waals surface area contributed by atoms with E-state index >= 15 is 0 Å². The summed E-state index contributed by atoms with van der Waals surface area (Å²) in [6, 6.07) is -0.515. The minimum Gasteiger partial charge on any atom is -0.480 e. The van der Waals surface area contributed by atoms with E-state index in [-0.39, 0.29) is 13.0 Å².